The van der Waals surface area contributed by atoms with Gasteiger partial charge in [0.2, 0.25) is 0 Å². The molecule has 1 aromatic heterocycles. The van der Waals surface area contributed by atoms with Gasteiger partial charge in [-0.15, -0.1) is 0 Å². The van der Waals surface area contributed by atoms with Crippen molar-refractivity contribution in [3.05, 3.63) is 41.1 Å². The number of rotatable bonds is 4. The van der Waals surface area contributed by atoms with Crippen LogP contribution in [0.1, 0.15) is 0 Å². The molecular formula is C11H14N4O2. The van der Waals surface area contributed by atoms with Gasteiger partial charge in [-0.2, -0.15) is 5.10 Å². The van der Waals surface area contributed by atoms with Crippen LogP contribution in [0, 0.1) is 0 Å². The van der Waals surface area contributed by atoms with Gasteiger partial charge < -0.3 is 10.5 Å². The Bertz CT molecular complexity index is 559. The van der Waals surface area contributed by atoms with Crippen molar-refractivity contribution in [1.82, 2.24) is 14.3 Å². The Morgan fingerprint density at radius 1 is 1.41 bits per heavy atom. The van der Waals surface area contributed by atoms with Gasteiger partial charge >= 0.3 is 5.69 Å². The van der Waals surface area contributed by atoms with Crippen molar-refractivity contribution in [1.29, 1.82) is 0 Å². The molecule has 0 fully saturated rings. The number of benzene rings is 1. The zero-order valence-electron chi connectivity index (χ0n) is 9.54. The van der Waals surface area contributed by atoms with E-state index >= 15 is 0 Å². The van der Waals surface area contributed by atoms with E-state index in [4.69, 9.17) is 10.5 Å². The van der Waals surface area contributed by atoms with Crippen molar-refractivity contribution < 1.29 is 4.74 Å². The quantitative estimate of drug-likeness (QED) is 0.769. The molecule has 0 spiro atoms. The number of para-hydroxylation sites is 2. The number of ether oxygens (including phenoxy) is 1. The van der Waals surface area contributed by atoms with Crippen LogP contribution < -0.4 is 16.2 Å². The van der Waals surface area contributed by atoms with Gasteiger partial charge in [0.05, 0.1) is 12.2 Å². The van der Waals surface area contributed by atoms with Crippen molar-refractivity contribution in [2.75, 3.05) is 12.3 Å². The van der Waals surface area contributed by atoms with Crippen LogP contribution in [0.5, 0.6) is 5.75 Å². The van der Waals surface area contributed by atoms with E-state index in [1.165, 1.54) is 15.6 Å². The largest absolute Gasteiger partial charge is 0.489 e. The summed E-state index contributed by atoms with van der Waals surface area (Å²) in [6.07, 6.45) is 1.47. The van der Waals surface area contributed by atoms with Crippen LogP contribution in [0.15, 0.2) is 35.4 Å². The van der Waals surface area contributed by atoms with E-state index < -0.39 is 0 Å². The van der Waals surface area contributed by atoms with Gasteiger partial charge in [-0.3, -0.25) is 4.57 Å². The highest BCUT2D eigenvalue weighted by Gasteiger charge is 2.02. The van der Waals surface area contributed by atoms with E-state index in [9.17, 15) is 4.79 Å². The molecule has 2 aromatic rings. The molecule has 0 radical (unpaired) electrons. The Kier molecular flexibility index (Phi) is 3.13. The zero-order valence-corrected chi connectivity index (χ0v) is 9.54. The summed E-state index contributed by atoms with van der Waals surface area (Å²) in [6, 6.07) is 7.24. The molecule has 0 bridgehead atoms. The van der Waals surface area contributed by atoms with Crippen LogP contribution in [0.25, 0.3) is 0 Å². The van der Waals surface area contributed by atoms with E-state index in [1.807, 2.05) is 12.1 Å². The van der Waals surface area contributed by atoms with E-state index in [-0.39, 0.29) is 5.69 Å². The molecule has 0 aliphatic heterocycles. The molecule has 0 aliphatic rings. The van der Waals surface area contributed by atoms with Crippen molar-refractivity contribution in [3.8, 4) is 5.75 Å². The van der Waals surface area contributed by atoms with E-state index in [0.29, 0.717) is 24.6 Å². The number of hydrogen-bond acceptors (Lipinski definition) is 4. The van der Waals surface area contributed by atoms with E-state index in [0.717, 1.165) is 0 Å². The third-order valence-corrected chi connectivity index (χ3v) is 2.37. The molecule has 0 saturated heterocycles. The average Bonchev–Trinajstić information content (AvgIpc) is 2.63. The Hall–Kier alpha value is -2.24. The lowest BCUT2D eigenvalue weighted by Gasteiger charge is -2.07. The lowest BCUT2D eigenvalue weighted by atomic mass is 10.3. The lowest BCUT2D eigenvalue weighted by Crippen LogP contribution is -2.25. The fourth-order valence-electron chi connectivity index (χ4n) is 1.43. The van der Waals surface area contributed by atoms with Crippen LogP contribution in [-0.4, -0.2) is 21.0 Å². The first-order chi connectivity index (χ1) is 8.18. The summed E-state index contributed by atoms with van der Waals surface area (Å²) < 4.78 is 8.23. The van der Waals surface area contributed by atoms with Gasteiger partial charge in [-0.25, -0.2) is 9.48 Å². The number of hydrogen-bond donors (Lipinski definition) is 1. The van der Waals surface area contributed by atoms with Crippen LogP contribution in [0.3, 0.4) is 0 Å². The van der Waals surface area contributed by atoms with Crippen LogP contribution in [0.4, 0.5) is 5.69 Å². The fraction of sp³-hybridized carbons (Fsp3) is 0.273. The Morgan fingerprint density at radius 2 is 2.18 bits per heavy atom. The van der Waals surface area contributed by atoms with Crippen molar-refractivity contribution in [2.45, 2.75) is 6.54 Å². The summed E-state index contributed by atoms with van der Waals surface area (Å²) in [6.45, 7) is 0.749. The molecule has 6 heteroatoms. The van der Waals surface area contributed by atoms with Crippen LogP contribution in [-0.2, 0) is 13.6 Å². The second-order valence-corrected chi connectivity index (χ2v) is 3.63. The average molecular weight is 234 g/mol. The smallest absolute Gasteiger partial charge is 0.345 e. The molecule has 1 heterocycles. The minimum absolute atomic E-state index is 0.158. The molecule has 17 heavy (non-hydrogen) atoms. The number of anilines is 1. The first-order valence-electron chi connectivity index (χ1n) is 5.24. The summed E-state index contributed by atoms with van der Waals surface area (Å²) >= 11 is 0. The summed E-state index contributed by atoms with van der Waals surface area (Å²) in [5, 5.41) is 3.92. The van der Waals surface area contributed by atoms with Gasteiger partial charge in [-0.05, 0) is 12.1 Å². The van der Waals surface area contributed by atoms with Crippen molar-refractivity contribution in [2.24, 2.45) is 7.05 Å². The second-order valence-electron chi connectivity index (χ2n) is 3.63. The summed E-state index contributed by atoms with van der Waals surface area (Å²) in [7, 11) is 1.65. The molecule has 0 atom stereocenters. The maximum Gasteiger partial charge on any atom is 0.345 e. The normalized spacial score (nSPS) is 10.4. The molecule has 6 nitrogen and oxygen atoms in total. The topological polar surface area (TPSA) is 75.1 Å². The highest BCUT2D eigenvalue weighted by molar-refractivity contribution is 5.51. The molecule has 0 saturated carbocycles. The Morgan fingerprint density at radius 3 is 2.82 bits per heavy atom. The van der Waals surface area contributed by atoms with E-state index in [2.05, 4.69) is 5.10 Å². The minimum atomic E-state index is -0.158. The first kappa shape index (κ1) is 11.3. The molecule has 90 valence electrons. The third-order valence-electron chi connectivity index (χ3n) is 2.37. The number of nitrogens with zero attached hydrogens (tertiary/aromatic N) is 3. The standard InChI is InChI=1S/C11H14N4O2/c1-14-8-13-15(11(14)16)6-7-17-10-5-3-2-4-9(10)12/h2-5,8H,6-7,12H2,1H3. The van der Waals surface area contributed by atoms with Gasteiger partial charge in [-0.1, -0.05) is 12.1 Å². The SMILES string of the molecule is Cn1cnn(CCOc2ccccc2N)c1=O. The fourth-order valence-corrected chi connectivity index (χ4v) is 1.43. The second kappa shape index (κ2) is 4.73. The Labute approximate surface area is 98.2 Å². The molecule has 2 N–H and O–H groups in total. The lowest BCUT2D eigenvalue weighted by molar-refractivity contribution is 0.290. The highest BCUT2D eigenvalue weighted by atomic mass is 16.5. The summed E-state index contributed by atoms with van der Waals surface area (Å²) in [5.74, 6) is 0.622. The van der Waals surface area contributed by atoms with E-state index in [1.54, 1.807) is 19.2 Å². The molecular weight excluding hydrogens is 220 g/mol. The van der Waals surface area contributed by atoms with Crippen molar-refractivity contribution >= 4 is 5.69 Å². The molecule has 1 aromatic carbocycles. The third kappa shape index (κ3) is 2.47. The van der Waals surface area contributed by atoms with Gasteiger partial charge in [0.1, 0.15) is 18.7 Å². The predicted octanol–water partition coefficient (Wildman–Crippen LogP) is 0.243. The number of nitrogen functional groups attached to an aromatic ring is 1. The maximum absolute atomic E-state index is 11.5. The highest BCUT2D eigenvalue weighted by Crippen LogP contribution is 2.19. The molecule has 2 rings (SSSR count). The molecule has 0 amide bonds. The summed E-state index contributed by atoms with van der Waals surface area (Å²) in [4.78, 5) is 11.5. The summed E-state index contributed by atoms with van der Waals surface area (Å²) in [5.41, 5.74) is 6.15. The number of aromatic nitrogens is 3. The minimum Gasteiger partial charge on any atom is -0.489 e. The zero-order chi connectivity index (χ0) is 12.3. The van der Waals surface area contributed by atoms with Gasteiger partial charge in [0.15, 0.2) is 0 Å². The number of aryl methyl sites for hydroxylation is 1. The number of nitrogens with two attached hydrogens (primary N) is 1. The molecule has 0 unspecified atom stereocenters. The Balaban J connectivity index is 1.95. The first-order valence-corrected chi connectivity index (χ1v) is 5.24. The molecule has 0 aliphatic carbocycles. The predicted molar refractivity (Wildman–Crippen MR) is 63.8 cm³/mol. The van der Waals surface area contributed by atoms with Crippen LogP contribution in [0.2, 0.25) is 0 Å². The van der Waals surface area contributed by atoms with Crippen LogP contribution >= 0.6 is 0 Å². The van der Waals surface area contributed by atoms with Gasteiger partial charge in [0.25, 0.3) is 0 Å². The monoisotopic (exact) mass is 234 g/mol. The van der Waals surface area contributed by atoms with Crippen molar-refractivity contribution in [3.63, 3.8) is 0 Å². The van der Waals surface area contributed by atoms with Gasteiger partial charge in [0, 0.05) is 7.05 Å². The maximum atomic E-state index is 11.5.